The molecule has 0 N–H and O–H groups in total. The van der Waals surface area contributed by atoms with Gasteiger partial charge in [-0.05, 0) is 37.8 Å². The lowest BCUT2D eigenvalue weighted by molar-refractivity contribution is 0.0607. The predicted octanol–water partition coefficient (Wildman–Crippen LogP) is 4.79. The number of hydrogen-bond acceptors (Lipinski definition) is 3. The van der Waals surface area contributed by atoms with Crippen molar-refractivity contribution in [2.75, 3.05) is 26.3 Å². The number of allylic oxidation sites excluding steroid dienone is 1. The van der Waals surface area contributed by atoms with Gasteiger partial charge in [-0.15, -0.1) is 0 Å². The van der Waals surface area contributed by atoms with Crippen LogP contribution in [0.25, 0.3) is 0 Å². The fourth-order valence-electron chi connectivity index (χ4n) is 3.67. The fraction of sp³-hybridized carbons (Fsp3) is 0.773. The molecule has 0 spiro atoms. The van der Waals surface area contributed by atoms with Gasteiger partial charge in [0.15, 0.2) is 0 Å². The summed E-state index contributed by atoms with van der Waals surface area (Å²) in [7, 11) is 0. The first-order valence-corrected chi connectivity index (χ1v) is 10.5. The van der Waals surface area contributed by atoms with E-state index in [-0.39, 0.29) is 5.41 Å². The Bertz CT molecular complexity index is 544. The van der Waals surface area contributed by atoms with Crippen LogP contribution in [-0.2, 0) is 23.1 Å². The number of rotatable bonds is 9. The summed E-state index contributed by atoms with van der Waals surface area (Å²) in [6.45, 7) is 16.4. The highest BCUT2D eigenvalue weighted by atomic mass is 16.5. The van der Waals surface area contributed by atoms with Crippen molar-refractivity contribution < 1.29 is 4.74 Å². The minimum Gasteiger partial charge on any atom is -0.381 e. The molecule has 0 atom stereocenters. The lowest BCUT2D eigenvalue weighted by atomic mass is 9.94. The highest BCUT2D eigenvalue weighted by molar-refractivity contribution is 5.14. The Labute approximate surface area is 160 Å². The van der Waals surface area contributed by atoms with Gasteiger partial charge in [0.05, 0.1) is 5.69 Å². The summed E-state index contributed by atoms with van der Waals surface area (Å²) in [5.41, 5.74) is 1.26. The second-order valence-corrected chi connectivity index (χ2v) is 8.64. The Morgan fingerprint density at radius 1 is 1.19 bits per heavy atom. The van der Waals surface area contributed by atoms with Crippen molar-refractivity contribution in [2.45, 2.75) is 78.7 Å². The topological polar surface area (TPSA) is 30.3 Å². The molecule has 0 aromatic carbocycles. The summed E-state index contributed by atoms with van der Waals surface area (Å²) >= 11 is 0. The molecule has 1 saturated heterocycles. The van der Waals surface area contributed by atoms with Crippen LogP contribution in [-0.4, -0.2) is 40.8 Å². The van der Waals surface area contributed by atoms with Gasteiger partial charge in [-0.3, -0.25) is 0 Å². The van der Waals surface area contributed by atoms with Gasteiger partial charge >= 0.3 is 0 Å². The minimum atomic E-state index is 0.0730. The predicted molar refractivity (Wildman–Crippen MR) is 109 cm³/mol. The molecule has 2 rings (SSSR count). The monoisotopic (exact) mass is 361 g/mol. The quantitative estimate of drug-likeness (QED) is 0.634. The average Bonchev–Trinajstić information content (AvgIpc) is 2.99. The summed E-state index contributed by atoms with van der Waals surface area (Å²) in [6, 6.07) is 0. The van der Waals surface area contributed by atoms with Crippen LogP contribution in [0.4, 0.5) is 0 Å². The lowest BCUT2D eigenvalue weighted by Crippen LogP contribution is -2.24. The van der Waals surface area contributed by atoms with Gasteiger partial charge in [0.25, 0.3) is 0 Å². The minimum absolute atomic E-state index is 0.0730. The standard InChI is InChI=1S/C22H39N3O/c1-6-12-24(13-7-2)14-8-9-20-18-25(21(23-20)22(3,4)5)17-19-10-15-26-16-11-19/h8,14,18-19H,6-7,9-13,15-17H2,1-5H3. The Balaban J connectivity index is 2.06. The molecule has 0 bridgehead atoms. The Morgan fingerprint density at radius 3 is 2.42 bits per heavy atom. The Hall–Kier alpha value is -1.29. The maximum atomic E-state index is 5.52. The van der Waals surface area contributed by atoms with Crippen molar-refractivity contribution in [3.8, 4) is 0 Å². The largest absolute Gasteiger partial charge is 0.381 e. The molecule has 1 aliphatic rings. The molecule has 0 amide bonds. The highest BCUT2D eigenvalue weighted by Gasteiger charge is 2.23. The molecule has 148 valence electrons. The second-order valence-electron chi connectivity index (χ2n) is 8.64. The molecular weight excluding hydrogens is 322 g/mol. The molecule has 1 aromatic rings. The third-order valence-corrected chi connectivity index (χ3v) is 4.96. The maximum Gasteiger partial charge on any atom is 0.114 e. The molecule has 0 aliphatic carbocycles. The molecule has 4 heteroatoms. The van der Waals surface area contributed by atoms with Crippen molar-refractivity contribution >= 4 is 0 Å². The van der Waals surface area contributed by atoms with Crippen LogP contribution >= 0.6 is 0 Å². The molecule has 1 fully saturated rings. The summed E-state index contributed by atoms with van der Waals surface area (Å²) in [4.78, 5) is 7.42. The summed E-state index contributed by atoms with van der Waals surface area (Å²) in [6.07, 6.45) is 12.5. The van der Waals surface area contributed by atoms with E-state index in [0.29, 0.717) is 5.92 Å². The summed E-state index contributed by atoms with van der Waals surface area (Å²) in [5, 5.41) is 0. The highest BCUT2D eigenvalue weighted by Crippen LogP contribution is 2.25. The first kappa shape index (κ1) is 21.0. The van der Waals surface area contributed by atoms with Gasteiger partial charge in [-0.25, -0.2) is 4.98 Å². The molecule has 1 aliphatic heterocycles. The number of aromatic nitrogens is 2. The van der Waals surface area contributed by atoms with E-state index in [9.17, 15) is 0 Å². The first-order chi connectivity index (χ1) is 12.4. The zero-order valence-corrected chi connectivity index (χ0v) is 17.6. The van der Waals surface area contributed by atoms with Gasteiger partial charge in [-0.1, -0.05) is 40.7 Å². The third kappa shape index (κ3) is 6.46. The van der Waals surface area contributed by atoms with Crippen molar-refractivity contribution in [1.29, 1.82) is 0 Å². The molecular formula is C22H39N3O. The zero-order chi connectivity index (χ0) is 19.0. The van der Waals surface area contributed by atoms with Crippen LogP contribution in [0.3, 0.4) is 0 Å². The normalized spacial score (nSPS) is 16.5. The van der Waals surface area contributed by atoms with Gasteiger partial charge in [-0.2, -0.15) is 0 Å². The van der Waals surface area contributed by atoms with Crippen LogP contribution in [0.1, 0.15) is 71.8 Å². The Morgan fingerprint density at radius 2 is 1.85 bits per heavy atom. The van der Waals surface area contributed by atoms with Crippen LogP contribution in [0.15, 0.2) is 18.5 Å². The molecule has 4 nitrogen and oxygen atoms in total. The fourth-order valence-corrected chi connectivity index (χ4v) is 3.67. The van der Waals surface area contributed by atoms with E-state index in [4.69, 9.17) is 9.72 Å². The van der Waals surface area contributed by atoms with Gasteiger partial charge in [0, 0.05) is 50.9 Å². The third-order valence-electron chi connectivity index (χ3n) is 4.96. The van der Waals surface area contributed by atoms with Crippen LogP contribution in [0.2, 0.25) is 0 Å². The maximum absolute atomic E-state index is 5.52. The number of imidazole rings is 1. The number of ether oxygens (including phenoxy) is 1. The van der Waals surface area contributed by atoms with E-state index in [2.05, 4.69) is 62.6 Å². The van der Waals surface area contributed by atoms with Gasteiger partial charge in [0.1, 0.15) is 5.82 Å². The molecule has 0 saturated carbocycles. The van der Waals surface area contributed by atoms with Crippen molar-refractivity contribution in [3.63, 3.8) is 0 Å². The molecule has 0 radical (unpaired) electrons. The van der Waals surface area contributed by atoms with E-state index in [1.807, 2.05) is 0 Å². The summed E-state index contributed by atoms with van der Waals surface area (Å²) in [5.74, 6) is 1.93. The molecule has 2 heterocycles. The number of nitrogens with zero attached hydrogens (tertiary/aromatic N) is 3. The average molecular weight is 362 g/mol. The lowest BCUT2D eigenvalue weighted by Gasteiger charge is -2.25. The van der Waals surface area contributed by atoms with E-state index < -0.39 is 0 Å². The van der Waals surface area contributed by atoms with Crippen LogP contribution < -0.4 is 0 Å². The van der Waals surface area contributed by atoms with Crippen molar-refractivity contribution in [2.24, 2.45) is 5.92 Å². The molecule has 1 aromatic heterocycles. The SMILES string of the molecule is CCCN(C=CCc1cn(CC2CCOCC2)c(C(C)(C)C)n1)CCC. The van der Waals surface area contributed by atoms with E-state index in [0.717, 1.165) is 39.3 Å². The van der Waals surface area contributed by atoms with Crippen molar-refractivity contribution in [1.82, 2.24) is 14.5 Å². The van der Waals surface area contributed by atoms with E-state index in [1.165, 1.54) is 37.2 Å². The second kappa shape index (κ2) is 10.1. The van der Waals surface area contributed by atoms with Gasteiger partial charge in [0.2, 0.25) is 0 Å². The van der Waals surface area contributed by atoms with Crippen molar-refractivity contribution in [3.05, 3.63) is 30.0 Å². The smallest absolute Gasteiger partial charge is 0.114 e. The van der Waals surface area contributed by atoms with E-state index in [1.54, 1.807) is 0 Å². The van der Waals surface area contributed by atoms with Gasteiger partial charge < -0.3 is 14.2 Å². The zero-order valence-electron chi connectivity index (χ0n) is 17.6. The molecule has 26 heavy (non-hydrogen) atoms. The van der Waals surface area contributed by atoms with Crippen LogP contribution in [0, 0.1) is 5.92 Å². The van der Waals surface area contributed by atoms with E-state index >= 15 is 0 Å². The Kier molecular flexibility index (Phi) is 8.20. The van der Waals surface area contributed by atoms with Crippen LogP contribution in [0.5, 0.6) is 0 Å². The first-order valence-electron chi connectivity index (χ1n) is 10.5. The molecule has 0 unspecified atom stereocenters. The summed E-state index contributed by atoms with van der Waals surface area (Å²) < 4.78 is 7.93. The number of hydrogen-bond donors (Lipinski definition) is 0.